The van der Waals surface area contributed by atoms with E-state index in [0.717, 1.165) is 12.2 Å². The SMILES string of the molecule is Cn1c(C#C[Si](C)(C)C)cn(Cc2ccccc2)[c]1=[Pt]. The van der Waals surface area contributed by atoms with E-state index in [1.54, 1.807) is 0 Å². The van der Waals surface area contributed by atoms with Gasteiger partial charge in [-0.05, 0) is 0 Å². The van der Waals surface area contributed by atoms with E-state index in [4.69, 9.17) is 0 Å². The van der Waals surface area contributed by atoms with Crippen molar-refractivity contribution in [2.75, 3.05) is 0 Å². The summed E-state index contributed by atoms with van der Waals surface area (Å²) < 4.78 is 5.62. The second kappa shape index (κ2) is 6.12. The molecular weight excluding hydrogens is 443 g/mol. The van der Waals surface area contributed by atoms with Crippen molar-refractivity contribution >= 4 is 8.07 Å². The van der Waals surface area contributed by atoms with Crippen LogP contribution in [0.25, 0.3) is 0 Å². The number of imidazole rings is 1. The summed E-state index contributed by atoms with van der Waals surface area (Å²) in [6, 6.07) is 10.5. The zero-order valence-electron chi connectivity index (χ0n) is 12.4. The van der Waals surface area contributed by atoms with Crippen molar-refractivity contribution in [2.24, 2.45) is 7.05 Å². The molecule has 0 bridgehead atoms. The van der Waals surface area contributed by atoms with Gasteiger partial charge < -0.3 is 0 Å². The van der Waals surface area contributed by atoms with E-state index in [0.29, 0.717) is 0 Å². The number of hydrogen-bond acceptors (Lipinski definition) is 0. The van der Waals surface area contributed by atoms with Gasteiger partial charge in [0.25, 0.3) is 0 Å². The molecule has 2 rings (SSSR count). The molecule has 0 N–H and O–H groups in total. The first-order valence-electron chi connectivity index (χ1n) is 6.65. The summed E-state index contributed by atoms with van der Waals surface area (Å²) in [5.74, 6) is 3.35. The van der Waals surface area contributed by atoms with E-state index in [-0.39, 0.29) is 0 Å². The quantitative estimate of drug-likeness (QED) is 0.478. The van der Waals surface area contributed by atoms with Gasteiger partial charge in [0.2, 0.25) is 0 Å². The summed E-state index contributed by atoms with van der Waals surface area (Å²) in [5, 5.41) is 0. The van der Waals surface area contributed by atoms with Gasteiger partial charge in [0.15, 0.2) is 0 Å². The van der Waals surface area contributed by atoms with Crippen molar-refractivity contribution in [3.63, 3.8) is 0 Å². The van der Waals surface area contributed by atoms with Gasteiger partial charge in [-0.2, -0.15) is 0 Å². The first-order chi connectivity index (χ1) is 9.37. The van der Waals surface area contributed by atoms with Crippen molar-refractivity contribution in [3.8, 4) is 11.5 Å². The fraction of sp³-hybridized carbons (Fsp3) is 0.312. The zero-order valence-corrected chi connectivity index (χ0v) is 15.7. The normalized spacial score (nSPS) is 11.1. The van der Waals surface area contributed by atoms with Gasteiger partial charge in [-0.25, -0.2) is 0 Å². The molecule has 2 nitrogen and oxygen atoms in total. The first kappa shape index (κ1) is 15.3. The third-order valence-corrected chi connectivity index (χ3v) is 5.17. The van der Waals surface area contributed by atoms with E-state index in [1.807, 2.05) is 0 Å². The van der Waals surface area contributed by atoms with Crippen LogP contribution in [0.3, 0.4) is 0 Å². The average Bonchev–Trinajstić information content (AvgIpc) is 2.65. The summed E-state index contributed by atoms with van der Waals surface area (Å²) in [6.45, 7) is 7.70. The molecule has 1 aromatic heterocycles. The van der Waals surface area contributed by atoms with Crippen LogP contribution in [0.15, 0.2) is 36.5 Å². The molecule has 0 amide bonds. The summed E-state index contributed by atoms with van der Waals surface area (Å²) in [4.78, 5) is 0. The third-order valence-electron chi connectivity index (χ3n) is 2.88. The second-order valence-corrected chi connectivity index (χ2v) is 11.7. The van der Waals surface area contributed by atoms with E-state index in [1.165, 1.54) is 9.37 Å². The Bertz CT molecular complexity index is 709. The van der Waals surface area contributed by atoms with Gasteiger partial charge in [0.1, 0.15) is 0 Å². The van der Waals surface area contributed by atoms with Gasteiger partial charge in [-0.1, -0.05) is 0 Å². The molecule has 108 valence electrons. The molecular formula is C16H20N2PtSi. The van der Waals surface area contributed by atoms with E-state index in [9.17, 15) is 0 Å². The van der Waals surface area contributed by atoms with Gasteiger partial charge >= 0.3 is 133 Å². The van der Waals surface area contributed by atoms with Crippen molar-refractivity contribution in [3.05, 3.63) is 51.6 Å². The van der Waals surface area contributed by atoms with Gasteiger partial charge in [-0.3, -0.25) is 0 Å². The molecule has 0 aliphatic heterocycles. The Hall–Kier alpha value is -1.10. The van der Waals surface area contributed by atoms with Crippen LogP contribution < -0.4 is 0 Å². The minimum atomic E-state index is -1.33. The number of aromatic nitrogens is 2. The Kier molecular flexibility index (Phi) is 4.68. The Labute approximate surface area is 132 Å². The van der Waals surface area contributed by atoms with Crippen LogP contribution in [-0.2, 0) is 32.9 Å². The summed E-state index contributed by atoms with van der Waals surface area (Å²) in [6.07, 6.45) is 2.16. The molecule has 0 aliphatic rings. The minimum absolute atomic E-state index is 0.891. The van der Waals surface area contributed by atoms with Crippen molar-refractivity contribution in [2.45, 2.75) is 26.2 Å². The van der Waals surface area contributed by atoms with Crippen molar-refractivity contribution < 1.29 is 19.4 Å². The van der Waals surface area contributed by atoms with Crippen LogP contribution in [0, 0.1) is 15.3 Å². The molecule has 0 unspecified atom stereocenters. The number of benzene rings is 1. The molecule has 0 aliphatic carbocycles. The number of nitrogens with zero attached hydrogens (tertiary/aromatic N) is 2. The molecule has 1 heterocycles. The average molecular weight is 464 g/mol. The zero-order chi connectivity index (χ0) is 14.8. The number of rotatable bonds is 2. The Morgan fingerprint density at radius 1 is 1.15 bits per heavy atom. The predicted molar refractivity (Wildman–Crippen MR) is 82.4 cm³/mol. The monoisotopic (exact) mass is 463 g/mol. The van der Waals surface area contributed by atoms with Gasteiger partial charge in [-0.15, -0.1) is 0 Å². The summed E-state index contributed by atoms with van der Waals surface area (Å²) in [5.41, 5.74) is 5.84. The molecule has 2 aromatic rings. The molecule has 4 heteroatoms. The van der Waals surface area contributed by atoms with Crippen LogP contribution in [0.2, 0.25) is 19.6 Å². The molecule has 0 radical (unpaired) electrons. The summed E-state index contributed by atoms with van der Waals surface area (Å²) in [7, 11) is 0.750. The molecule has 0 atom stereocenters. The molecule has 1 aromatic carbocycles. The molecule has 0 spiro atoms. The third kappa shape index (κ3) is 3.94. The Balaban J connectivity index is 2.33. The topological polar surface area (TPSA) is 9.86 Å². The maximum atomic E-state index is 3.44. The fourth-order valence-corrected chi connectivity index (χ4v) is 2.92. The van der Waals surface area contributed by atoms with Gasteiger partial charge in [0, 0.05) is 0 Å². The van der Waals surface area contributed by atoms with Crippen LogP contribution >= 0.6 is 0 Å². The molecule has 0 saturated carbocycles. The van der Waals surface area contributed by atoms with E-state index >= 15 is 0 Å². The maximum absolute atomic E-state index is 3.44. The van der Waals surface area contributed by atoms with E-state index in [2.05, 4.69) is 103 Å². The van der Waals surface area contributed by atoms with Gasteiger partial charge in [0.05, 0.1) is 0 Å². The second-order valence-electron chi connectivity index (χ2n) is 5.93. The molecule has 0 fully saturated rings. The Morgan fingerprint density at radius 3 is 2.40 bits per heavy atom. The standard InChI is InChI=1S/C16H20N2Si.Pt/c1-17-14-18(12-15-8-6-5-7-9-15)13-16(17)10-11-19(2,3)4;/h5-9,13H,12H2,1-4H3;. The predicted octanol–water partition coefficient (Wildman–Crippen LogP) is 3.18. The van der Waals surface area contributed by atoms with Crippen LogP contribution in [0.1, 0.15) is 11.3 Å². The molecule has 20 heavy (non-hydrogen) atoms. The number of hydrogen-bond donors (Lipinski definition) is 0. The fourth-order valence-electron chi connectivity index (χ4n) is 1.82. The summed E-state index contributed by atoms with van der Waals surface area (Å²) >= 11 is 2.36. The first-order valence-corrected chi connectivity index (χ1v) is 11.3. The Morgan fingerprint density at radius 2 is 1.80 bits per heavy atom. The molecule has 0 saturated heterocycles. The van der Waals surface area contributed by atoms with Crippen molar-refractivity contribution in [1.29, 1.82) is 0 Å². The van der Waals surface area contributed by atoms with Crippen LogP contribution in [0.4, 0.5) is 0 Å². The van der Waals surface area contributed by atoms with E-state index < -0.39 is 8.07 Å². The van der Waals surface area contributed by atoms with Crippen LogP contribution in [-0.4, -0.2) is 17.2 Å². The van der Waals surface area contributed by atoms with Crippen LogP contribution in [0.5, 0.6) is 0 Å². The van der Waals surface area contributed by atoms with Crippen molar-refractivity contribution in [1.82, 2.24) is 9.13 Å².